The number of aromatic amines is 1. The number of carbonyl (C=O) groups excluding carboxylic acids is 1. The quantitative estimate of drug-likeness (QED) is 0.189. The predicted molar refractivity (Wildman–Crippen MR) is 156 cm³/mol. The molecule has 1 aliphatic rings. The van der Waals surface area contributed by atoms with Crippen molar-refractivity contribution in [1.82, 2.24) is 10.3 Å². The number of hydrogen-bond donors (Lipinski definition) is 3. The van der Waals surface area contributed by atoms with Gasteiger partial charge in [-0.1, -0.05) is 53.7 Å². The monoisotopic (exact) mass is 563 g/mol. The third kappa shape index (κ3) is 4.95. The van der Waals surface area contributed by atoms with E-state index in [1.165, 1.54) is 11.8 Å². The molecule has 0 saturated heterocycles. The molecule has 196 valence electrons. The highest BCUT2D eigenvalue weighted by Gasteiger charge is 2.46. The van der Waals surface area contributed by atoms with E-state index in [9.17, 15) is 20.0 Å². The molecule has 4 aromatic carbocycles. The molecular weight excluding hydrogens is 542 g/mol. The SMILES string of the molecule is N#Cc1cccc(-c2cc(C(=O)NC3(c4ccc(C(=O)O)cc4)CC3)c3c(Sc4cccc(Cl)c4)c[nH]c3c2)c1. The van der Waals surface area contributed by atoms with Crippen molar-refractivity contribution in [3.05, 3.63) is 118 Å². The minimum absolute atomic E-state index is 0.204. The molecule has 40 heavy (non-hydrogen) atoms. The van der Waals surface area contributed by atoms with Crippen LogP contribution in [-0.2, 0) is 5.54 Å². The lowest BCUT2D eigenvalue weighted by molar-refractivity contribution is 0.0696. The Labute approximate surface area is 239 Å². The smallest absolute Gasteiger partial charge is 0.335 e. The number of H-pyrrole nitrogens is 1. The number of carboxylic acids is 1. The molecule has 6 rings (SSSR count). The maximum absolute atomic E-state index is 14.0. The summed E-state index contributed by atoms with van der Waals surface area (Å²) in [6.07, 6.45) is 3.41. The highest BCUT2D eigenvalue weighted by molar-refractivity contribution is 7.99. The summed E-state index contributed by atoms with van der Waals surface area (Å²) in [5, 5.41) is 23.4. The summed E-state index contributed by atoms with van der Waals surface area (Å²) >= 11 is 7.74. The number of hydrogen-bond acceptors (Lipinski definition) is 4. The van der Waals surface area contributed by atoms with Crippen LogP contribution in [0.1, 0.15) is 44.7 Å². The van der Waals surface area contributed by atoms with Crippen molar-refractivity contribution in [3.8, 4) is 17.2 Å². The molecular formula is C32H22ClN3O3S. The van der Waals surface area contributed by atoms with Crippen LogP contribution in [-0.4, -0.2) is 22.0 Å². The standard InChI is InChI=1S/C32H22ClN3O3S/c33-24-5-2-6-25(16-24)40-28-18-35-27-15-22(21-4-1-3-19(13-21)17-34)14-26(29(27)28)30(37)36-32(11-12-32)23-9-7-20(8-10-23)31(38)39/h1-10,13-16,18,35H,11-12H2,(H,36,37)(H,38,39). The Morgan fingerprint density at radius 1 is 0.975 bits per heavy atom. The molecule has 1 amide bonds. The molecule has 0 atom stereocenters. The van der Waals surface area contributed by atoms with Gasteiger partial charge in [0.25, 0.3) is 5.91 Å². The summed E-state index contributed by atoms with van der Waals surface area (Å²) in [4.78, 5) is 30.5. The zero-order chi connectivity index (χ0) is 27.9. The fraction of sp³-hybridized carbons (Fsp3) is 0.0938. The Kier molecular flexibility index (Phi) is 6.59. The van der Waals surface area contributed by atoms with E-state index in [1.54, 1.807) is 36.4 Å². The number of rotatable bonds is 7. The number of nitrogens with one attached hydrogen (secondary N) is 2. The Morgan fingerprint density at radius 2 is 1.75 bits per heavy atom. The lowest BCUT2D eigenvalue weighted by Crippen LogP contribution is -2.35. The fourth-order valence-corrected chi connectivity index (χ4v) is 6.20. The van der Waals surface area contributed by atoms with E-state index in [4.69, 9.17) is 11.6 Å². The number of fused-ring (bicyclic) bond motifs is 1. The van der Waals surface area contributed by atoms with Crippen LogP contribution in [0, 0.1) is 11.3 Å². The Morgan fingerprint density at radius 3 is 2.45 bits per heavy atom. The number of benzene rings is 4. The molecule has 0 bridgehead atoms. The first-order valence-corrected chi connectivity index (χ1v) is 13.8. The van der Waals surface area contributed by atoms with Crippen LogP contribution in [0.4, 0.5) is 0 Å². The first kappa shape index (κ1) is 25.8. The Balaban J connectivity index is 1.43. The van der Waals surface area contributed by atoms with E-state index >= 15 is 0 Å². The van der Waals surface area contributed by atoms with E-state index in [2.05, 4.69) is 16.4 Å². The number of halogens is 1. The predicted octanol–water partition coefficient (Wildman–Crippen LogP) is 7.63. The van der Waals surface area contributed by atoms with Crippen molar-refractivity contribution in [2.24, 2.45) is 0 Å². The average molecular weight is 564 g/mol. The largest absolute Gasteiger partial charge is 0.478 e. The highest BCUT2D eigenvalue weighted by atomic mass is 35.5. The van der Waals surface area contributed by atoms with Gasteiger partial charge in [-0.3, -0.25) is 4.79 Å². The van der Waals surface area contributed by atoms with Crippen molar-refractivity contribution in [3.63, 3.8) is 0 Å². The van der Waals surface area contributed by atoms with Gasteiger partial charge < -0.3 is 15.4 Å². The van der Waals surface area contributed by atoms with Gasteiger partial charge in [-0.05, 0) is 84.1 Å². The van der Waals surface area contributed by atoms with Gasteiger partial charge >= 0.3 is 5.97 Å². The highest BCUT2D eigenvalue weighted by Crippen LogP contribution is 2.46. The van der Waals surface area contributed by atoms with Gasteiger partial charge in [0.05, 0.1) is 28.3 Å². The molecule has 1 aromatic heterocycles. The third-order valence-electron chi connectivity index (χ3n) is 7.12. The molecule has 0 aliphatic heterocycles. The number of aromatic carboxylic acids is 1. The molecule has 8 heteroatoms. The third-order valence-corrected chi connectivity index (χ3v) is 8.39. The van der Waals surface area contributed by atoms with Gasteiger partial charge in [-0.2, -0.15) is 5.26 Å². The van der Waals surface area contributed by atoms with Gasteiger partial charge in [0.2, 0.25) is 0 Å². The number of nitrogens with zero attached hydrogens (tertiary/aromatic N) is 1. The van der Waals surface area contributed by atoms with Crippen LogP contribution in [0.25, 0.3) is 22.0 Å². The van der Waals surface area contributed by atoms with Gasteiger partial charge in [-0.25, -0.2) is 4.79 Å². The number of nitriles is 1. The van der Waals surface area contributed by atoms with Crippen LogP contribution in [0.3, 0.4) is 0 Å². The van der Waals surface area contributed by atoms with E-state index in [1.807, 2.05) is 54.7 Å². The van der Waals surface area contributed by atoms with Gasteiger partial charge in [0.15, 0.2) is 0 Å². The Hall–Kier alpha value is -4.51. The summed E-state index contributed by atoms with van der Waals surface area (Å²) in [6.45, 7) is 0. The summed E-state index contributed by atoms with van der Waals surface area (Å²) < 4.78 is 0. The van der Waals surface area contributed by atoms with Crippen molar-refractivity contribution >= 4 is 46.1 Å². The second-order valence-electron chi connectivity index (χ2n) is 9.77. The molecule has 5 aromatic rings. The number of carboxylic acid groups (broad SMARTS) is 1. The van der Waals surface area contributed by atoms with Crippen molar-refractivity contribution in [1.29, 1.82) is 5.26 Å². The van der Waals surface area contributed by atoms with Crippen LogP contribution >= 0.6 is 23.4 Å². The molecule has 3 N–H and O–H groups in total. The molecule has 1 fully saturated rings. The average Bonchev–Trinajstić information content (AvgIpc) is 3.64. The minimum atomic E-state index is -0.989. The van der Waals surface area contributed by atoms with Crippen LogP contribution in [0.5, 0.6) is 0 Å². The number of aromatic nitrogens is 1. The van der Waals surface area contributed by atoms with Crippen molar-refractivity contribution in [2.45, 2.75) is 28.2 Å². The van der Waals surface area contributed by atoms with E-state index < -0.39 is 11.5 Å². The Bertz CT molecular complexity index is 1840. The van der Waals surface area contributed by atoms with E-state index in [0.717, 1.165) is 50.2 Å². The molecule has 0 spiro atoms. The molecule has 0 unspecified atom stereocenters. The lowest BCUT2D eigenvalue weighted by Gasteiger charge is -2.19. The van der Waals surface area contributed by atoms with Crippen LogP contribution < -0.4 is 5.32 Å². The van der Waals surface area contributed by atoms with E-state index in [-0.39, 0.29) is 11.5 Å². The molecule has 1 aliphatic carbocycles. The normalized spacial score (nSPS) is 13.5. The second-order valence-corrected chi connectivity index (χ2v) is 11.3. The van der Waals surface area contributed by atoms with Crippen LogP contribution in [0.2, 0.25) is 5.02 Å². The van der Waals surface area contributed by atoms with Gasteiger partial charge in [0.1, 0.15) is 0 Å². The summed E-state index contributed by atoms with van der Waals surface area (Å²) in [5.74, 6) is -1.21. The maximum atomic E-state index is 14.0. The molecule has 0 radical (unpaired) electrons. The second kappa shape index (κ2) is 10.2. The number of amides is 1. The molecule has 6 nitrogen and oxygen atoms in total. The van der Waals surface area contributed by atoms with E-state index in [0.29, 0.717) is 16.1 Å². The first-order valence-electron chi connectivity index (χ1n) is 12.6. The molecule has 1 saturated carbocycles. The zero-order valence-corrected chi connectivity index (χ0v) is 22.6. The lowest BCUT2D eigenvalue weighted by atomic mass is 9.97. The minimum Gasteiger partial charge on any atom is -0.478 e. The zero-order valence-electron chi connectivity index (χ0n) is 21.1. The van der Waals surface area contributed by atoms with Gasteiger partial charge in [0, 0.05) is 31.9 Å². The fourth-order valence-electron chi connectivity index (χ4n) is 4.92. The number of carbonyl (C=O) groups is 2. The van der Waals surface area contributed by atoms with Crippen molar-refractivity contribution < 1.29 is 14.7 Å². The summed E-state index contributed by atoms with van der Waals surface area (Å²) in [6, 6.07) is 27.6. The first-order chi connectivity index (χ1) is 19.3. The van der Waals surface area contributed by atoms with Crippen LogP contribution in [0.15, 0.2) is 101 Å². The summed E-state index contributed by atoms with van der Waals surface area (Å²) in [7, 11) is 0. The van der Waals surface area contributed by atoms with Crippen molar-refractivity contribution in [2.75, 3.05) is 0 Å². The van der Waals surface area contributed by atoms with Gasteiger partial charge in [-0.15, -0.1) is 0 Å². The molecule has 1 heterocycles. The topological polar surface area (TPSA) is 106 Å². The maximum Gasteiger partial charge on any atom is 0.335 e. The summed E-state index contributed by atoms with van der Waals surface area (Å²) in [5.41, 5.74) is 4.02.